The molecule has 10 heteroatoms. The molecule has 10 nitrogen and oxygen atoms in total. The van der Waals surface area contributed by atoms with Gasteiger partial charge in [-0.15, -0.1) is 0 Å². The second kappa shape index (κ2) is 10.2. The van der Waals surface area contributed by atoms with Gasteiger partial charge in [-0.05, 0) is 25.1 Å². The first-order valence-electron chi connectivity index (χ1n) is 9.95. The lowest BCUT2D eigenvalue weighted by Gasteiger charge is -2.06. The Kier molecular flexibility index (Phi) is 7.17. The molecule has 4 aromatic rings. The van der Waals surface area contributed by atoms with Crippen LogP contribution in [0.15, 0.2) is 55.1 Å². The van der Waals surface area contributed by atoms with Crippen molar-refractivity contribution < 1.29 is 19.3 Å². The second-order valence-corrected chi connectivity index (χ2v) is 7.01. The molecule has 0 aliphatic heterocycles. The number of hydrogen-bond acceptors (Lipinski definition) is 6. The highest BCUT2D eigenvalue weighted by Gasteiger charge is 2.13. The summed E-state index contributed by atoms with van der Waals surface area (Å²) in [6, 6.07) is 9.62. The van der Waals surface area contributed by atoms with Gasteiger partial charge in [0.1, 0.15) is 5.65 Å². The van der Waals surface area contributed by atoms with Crippen LogP contribution in [0.5, 0.6) is 0 Å². The van der Waals surface area contributed by atoms with E-state index in [0.717, 1.165) is 28.4 Å². The number of aryl methyl sites for hydroxylation is 2. The Hall–Kier alpha value is -4.21. The number of carboxylic acid groups (broad SMARTS) is 1. The van der Waals surface area contributed by atoms with Crippen molar-refractivity contribution in [1.29, 1.82) is 0 Å². The molecule has 0 aliphatic rings. The van der Waals surface area contributed by atoms with E-state index in [0.29, 0.717) is 18.7 Å². The number of rotatable bonds is 6. The van der Waals surface area contributed by atoms with Crippen LogP contribution in [0, 0.1) is 6.92 Å². The molecule has 4 aromatic heterocycles. The Labute approximate surface area is 185 Å². The average molecular weight is 435 g/mol. The van der Waals surface area contributed by atoms with Crippen molar-refractivity contribution in [3.8, 4) is 11.4 Å². The number of carbonyl (C=O) groups excluding carboxylic acids is 2. The highest BCUT2D eigenvalue weighted by atomic mass is 16.3. The summed E-state index contributed by atoms with van der Waals surface area (Å²) in [6.07, 6.45) is 7.64. The third-order valence-electron chi connectivity index (χ3n) is 4.88. The molecule has 0 spiro atoms. The van der Waals surface area contributed by atoms with Crippen molar-refractivity contribution in [1.82, 2.24) is 24.5 Å². The SMILES string of the molecule is CNc1cc[n+](CCNC(=O)c2ccn3c(-c4cc(C)nn4C)cnc3c2)cc1.O=C[O-]. The summed E-state index contributed by atoms with van der Waals surface area (Å²) in [7, 11) is 3.80. The molecule has 0 saturated carbocycles. The normalized spacial score (nSPS) is 10.3. The number of nitrogens with zero attached hydrogens (tertiary/aromatic N) is 5. The molecule has 2 N–H and O–H groups in total. The van der Waals surface area contributed by atoms with Gasteiger partial charge < -0.3 is 20.5 Å². The van der Waals surface area contributed by atoms with Crippen LogP contribution in [-0.2, 0) is 18.4 Å². The summed E-state index contributed by atoms with van der Waals surface area (Å²) in [5.41, 5.74) is 5.24. The summed E-state index contributed by atoms with van der Waals surface area (Å²) in [4.78, 5) is 25.2. The van der Waals surface area contributed by atoms with Crippen LogP contribution in [0.2, 0.25) is 0 Å². The lowest BCUT2D eigenvalue weighted by Crippen LogP contribution is -2.40. The van der Waals surface area contributed by atoms with Crippen LogP contribution in [-0.4, -0.2) is 45.1 Å². The third-order valence-corrected chi connectivity index (χ3v) is 4.88. The quantitative estimate of drug-likeness (QED) is 0.329. The fourth-order valence-electron chi connectivity index (χ4n) is 3.34. The van der Waals surface area contributed by atoms with Gasteiger partial charge in [0.25, 0.3) is 5.91 Å². The Morgan fingerprint density at radius 1 is 1.22 bits per heavy atom. The minimum atomic E-state index is -0.500. The van der Waals surface area contributed by atoms with Crippen molar-refractivity contribution >= 4 is 23.7 Å². The molecule has 0 bridgehead atoms. The second-order valence-electron chi connectivity index (χ2n) is 7.01. The minimum Gasteiger partial charge on any atom is -0.554 e. The number of hydrogen-bond donors (Lipinski definition) is 2. The van der Waals surface area contributed by atoms with Crippen LogP contribution >= 0.6 is 0 Å². The number of imidazole rings is 1. The van der Waals surface area contributed by atoms with Crippen LogP contribution in [0.1, 0.15) is 16.1 Å². The van der Waals surface area contributed by atoms with Crippen molar-refractivity contribution in [2.75, 3.05) is 18.9 Å². The number of aromatic nitrogens is 5. The van der Waals surface area contributed by atoms with E-state index in [-0.39, 0.29) is 5.91 Å². The third kappa shape index (κ3) is 5.09. The molecule has 4 heterocycles. The number of anilines is 1. The number of pyridine rings is 2. The van der Waals surface area contributed by atoms with Crippen molar-refractivity contribution in [3.05, 3.63) is 66.4 Å². The fourth-order valence-corrected chi connectivity index (χ4v) is 3.34. The van der Waals surface area contributed by atoms with Crippen LogP contribution in [0.4, 0.5) is 5.69 Å². The van der Waals surface area contributed by atoms with Gasteiger partial charge in [0.15, 0.2) is 18.9 Å². The summed E-state index contributed by atoms with van der Waals surface area (Å²) in [6.45, 7) is 2.70. The largest absolute Gasteiger partial charge is 0.554 e. The molecule has 4 rings (SSSR count). The smallest absolute Gasteiger partial charge is 0.251 e. The topological polar surface area (TPSA) is 120 Å². The van der Waals surface area contributed by atoms with E-state index < -0.39 is 6.47 Å². The molecule has 0 fully saturated rings. The highest BCUT2D eigenvalue weighted by Crippen LogP contribution is 2.21. The molecular weight excluding hydrogens is 410 g/mol. The van der Waals surface area contributed by atoms with E-state index in [1.54, 1.807) is 12.3 Å². The predicted molar refractivity (Wildman–Crippen MR) is 117 cm³/mol. The van der Waals surface area contributed by atoms with E-state index in [1.807, 2.05) is 77.5 Å². The first kappa shape index (κ1) is 22.5. The van der Waals surface area contributed by atoms with E-state index in [1.165, 1.54) is 0 Å². The van der Waals surface area contributed by atoms with Gasteiger partial charge in [0.2, 0.25) is 0 Å². The van der Waals surface area contributed by atoms with Crippen molar-refractivity contribution in [2.45, 2.75) is 13.5 Å². The van der Waals surface area contributed by atoms with Gasteiger partial charge in [-0.25, -0.2) is 9.55 Å². The summed E-state index contributed by atoms with van der Waals surface area (Å²) in [5, 5.41) is 18.7. The Morgan fingerprint density at radius 3 is 2.56 bits per heavy atom. The molecule has 0 unspecified atom stereocenters. The van der Waals surface area contributed by atoms with Gasteiger partial charge >= 0.3 is 0 Å². The lowest BCUT2D eigenvalue weighted by atomic mass is 10.2. The van der Waals surface area contributed by atoms with E-state index in [2.05, 4.69) is 20.7 Å². The molecule has 0 saturated heterocycles. The number of amides is 1. The highest BCUT2D eigenvalue weighted by molar-refractivity contribution is 5.95. The van der Waals surface area contributed by atoms with Gasteiger partial charge in [-0.1, -0.05) is 0 Å². The van der Waals surface area contributed by atoms with Gasteiger partial charge in [0.05, 0.1) is 29.8 Å². The molecule has 32 heavy (non-hydrogen) atoms. The molecule has 0 aromatic carbocycles. The first-order chi connectivity index (χ1) is 15.5. The number of carbonyl (C=O) groups is 2. The first-order valence-corrected chi connectivity index (χ1v) is 9.95. The van der Waals surface area contributed by atoms with E-state index >= 15 is 0 Å². The zero-order chi connectivity index (χ0) is 23.1. The van der Waals surface area contributed by atoms with Crippen molar-refractivity contribution in [3.63, 3.8) is 0 Å². The summed E-state index contributed by atoms with van der Waals surface area (Å²) >= 11 is 0. The fraction of sp³-hybridized carbons (Fsp3) is 0.227. The minimum absolute atomic E-state index is 0.110. The predicted octanol–water partition coefficient (Wildman–Crippen LogP) is 0.169. The standard InChI is InChI=1S/C21H23N7O.CH2O2/c1-15-12-18(26(3)25-15)19-14-24-20-13-16(4-10-28(19)20)21(29)23-7-11-27-8-5-17(22-2)6-9-27;2-1-3/h4-6,8-10,12-14H,7,11H2,1-3H3,(H,23,29);1H,(H,2,3). The van der Waals surface area contributed by atoms with Crippen LogP contribution in [0.3, 0.4) is 0 Å². The average Bonchev–Trinajstić information content (AvgIpc) is 3.36. The summed E-state index contributed by atoms with van der Waals surface area (Å²) in [5.74, 6) is -0.110. The summed E-state index contributed by atoms with van der Waals surface area (Å²) < 4.78 is 5.83. The monoisotopic (exact) mass is 435 g/mol. The molecular formula is C22H25N7O3. The molecule has 1 amide bonds. The zero-order valence-electron chi connectivity index (χ0n) is 18.1. The van der Waals surface area contributed by atoms with Gasteiger partial charge in [0, 0.05) is 50.1 Å². The van der Waals surface area contributed by atoms with Gasteiger partial charge in [-0.2, -0.15) is 5.10 Å². The molecule has 0 atom stereocenters. The van der Waals surface area contributed by atoms with E-state index in [9.17, 15) is 4.79 Å². The van der Waals surface area contributed by atoms with Crippen LogP contribution < -0.4 is 20.3 Å². The lowest BCUT2D eigenvalue weighted by molar-refractivity contribution is -0.694. The maximum Gasteiger partial charge on any atom is 0.251 e. The molecule has 0 aliphatic carbocycles. The maximum absolute atomic E-state index is 12.5. The molecule has 0 radical (unpaired) electrons. The molecule has 166 valence electrons. The van der Waals surface area contributed by atoms with E-state index in [4.69, 9.17) is 9.90 Å². The zero-order valence-corrected chi connectivity index (χ0v) is 18.1. The Morgan fingerprint density at radius 2 is 1.94 bits per heavy atom. The Bertz CT molecular complexity index is 1210. The number of fused-ring (bicyclic) bond motifs is 1. The van der Waals surface area contributed by atoms with Crippen LogP contribution in [0.25, 0.3) is 17.0 Å². The van der Waals surface area contributed by atoms with Crippen molar-refractivity contribution in [2.24, 2.45) is 7.05 Å². The number of nitrogens with one attached hydrogen (secondary N) is 2. The Balaban J connectivity index is 0.000000913. The van der Waals surface area contributed by atoms with Gasteiger partial charge in [-0.3, -0.25) is 13.9 Å². The maximum atomic E-state index is 12.5.